The minimum Gasteiger partial charge on any atom is -0.479 e. The van der Waals surface area contributed by atoms with Gasteiger partial charge in [-0.3, -0.25) is 0 Å². The van der Waals surface area contributed by atoms with Crippen molar-refractivity contribution in [2.45, 2.75) is 25.0 Å². The molecule has 0 aromatic heterocycles. The zero-order valence-electron chi connectivity index (χ0n) is 9.02. The number of rotatable bonds is 4. The van der Waals surface area contributed by atoms with Crippen LogP contribution in [0.1, 0.15) is 25.0 Å². The Labute approximate surface area is 108 Å². The number of hydrogen-bond acceptors (Lipinski definition) is 3. The van der Waals surface area contributed by atoms with Crippen molar-refractivity contribution in [3.05, 3.63) is 33.8 Å². The summed E-state index contributed by atoms with van der Waals surface area (Å²) in [5.41, 5.74) is -2.29. The lowest BCUT2D eigenvalue weighted by Gasteiger charge is -2.28. The average Bonchev–Trinajstić information content (AvgIpc) is 2.27. The molecular formula is C11H12Cl2O4. The van der Waals surface area contributed by atoms with Crippen LogP contribution in [-0.4, -0.2) is 26.9 Å². The first-order valence-electron chi connectivity index (χ1n) is 4.92. The predicted octanol–water partition coefficient (Wildman–Crippen LogP) is 2.25. The topological polar surface area (TPSA) is 77.8 Å². The fourth-order valence-electron chi connectivity index (χ4n) is 1.47. The van der Waals surface area contributed by atoms with Crippen LogP contribution in [0.2, 0.25) is 10.0 Å². The molecule has 1 aromatic carbocycles. The second kappa shape index (κ2) is 5.23. The summed E-state index contributed by atoms with van der Waals surface area (Å²) in [5.74, 6) is -1.52. The molecule has 1 rings (SSSR count). The highest BCUT2D eigenvalue weighted by Gasteiger charge is 2.44. The number of benzene rings is 1. The van der Waals surface area contributed by atoms with E-state index in [-0.39, 0.29) is 22.0 Å². The Balaban J connectivity index is 3.29. The molecule has 0 saturated carbocycles. The largest absolute Gasteiger partial charge is 0.479 e. The van der Waals surface area contributed by atoms with Crippen molar-refractivity contribution >= 4 is 29.2 Å². The van der Waals surface area contributed by atoms with Crippen molar-refractivity contribution in [2.24, 2.45) is 0 Å². The van der Waals surface area contributed by atoms with Crippen LogP contribution >= 0.6 is 23.2 Å². The molecule has 1 aromatic rings. The lowest BCUT2D eigenvalue weighted by atomic mass is 9.88. The molecule has 2 atom stereocenters. The molecule has 0 heterocycles. The molecule has 17 heavy (non-hydrogen) atoms. The van der Waals surface area contributed by atoms with E-state index in [9.17, 15) is 15.0 Å². The van der Waals surface area contributed by atoms with Crippen LogP contribution in [0, 0.1) is 0 Å². The van der Waals surface area contributed by atoms with Crippen molar-refractivity contribution in [3.63, 3.8) is 0 Å². The van der Waals surface area contributed by atoms with Gasteiger partial charge in [0.2, 0.25) is 0 Å². The normalized spacial score (nSPS) is 16.3. The van der Waals surface area contributed by atoms with Crippen LogP contribution in [0.25, 0.3) is 0 Å². The van der Waals surface area contributed by atoms with Crippen molar-refractivity contribution in [2.75, 3.05) is 0 Å². The quantitative estimate of drug-likeness (QED) is 0.790. The van der Waals surface area contributed by atoms with E-state index in [0.29, 0.717) is 0 Å². The molecule has 6 heteroatoms. The minimum atomic E-state index is -2.31. The molecule has 0 aliphatic rings. The van der Waals surface area contributed by atoms with Gasteiger partial charge in [-0.15, -0.1) is 0 Å². The predicted molar refractivity (Wildman–Crippen MR) is 64.3 cm³/mol. The highest BCUT2D eigenvalue weighted by Crippen LogP contribution is 2.37. The number of aliphatic carboxylic acids is 1. The van der Waals surface area contributed by atoms with E-state index in [1.807, 2.05) is 0 Å². The summed E-state index contributed by atoms with van der Waals surface area (Å²) < 4.78 is 0. The van der Waals surface area contributed by atoms with Crippen LogP contribution < -0.4 is 0 Å². The fourth-order valence-corrected chi connectivity index (χ4v) is 2.08. The van der Waals surface area contributed by atoms with Crippen molar-refractivity contribution in [3.8, 4) is 0 Å². The van der Waals surface area contributed by atoms with Crippen LogP contribution in [0.4, 0.5) is 0 Å². The van der Waals surface area contributed by atoms with E-state index >= 15 is 0 Å². The van der Waals surface area contributed by atoms with Gasteiger partial charge in [0.05, 0.1) is 0 Å². The monoisotopic (exact) mass is 278 g/mol. The molecule has 0 bridgehead atoms. The lowest BCUT2D eigenvalue weighted by molar-refractivity contribution is -0.173. The van der Waals surface area contributed by atoms with E-state index in [4.69, 9.17) is 28.3 Å². The number of halogens is 2. The summed E-state index contributed by atoms with van der Waals surface area (Å²) in [5, 5.41) is 29.0. The number of carbonyl (C=O) groups is 1. The van der Waals surface area contributed by atoms with E-state index in [2.05, 4.69) is 0 Å². The average molecular weight is 279 g/mol. The zero-order chi connectivity index (χ0) is 13.2. The van der Waals surface area contributed by atoms with Gasteiger partial charge in [0.25, 0.3) is 0 Å². The zero-order valence-corrected chi connectivity index (χ0v) is 10.5. The molecule has 0 fully saturated rings. The lowest BCUT2D eigenvalue weighted by Crippen LogP contribution is -2.44. The molecule has 0 aliphatic heterocycles. The van der Waals surface area contributed by atoms with Crippen molar-refractivity contribution in [1.29, 1.82) is 0 Å². The maximum absolute atomic E-state index is 11.0. The van der Waals surface area contributed by atoms with Gasteiger partial charge in [0.15, 0.2) is 5.60 Å². The van der Waals surface area contributed by atoms with Gasteiger partial charge in [-0.25, -0.2) is 4.79 Å². The third-order valence-corrected chi connectivity index (χ3v) is 3.29. The highest BCUT2D eigenvalue weighted by molar-refractivity contribution is 6.36. The fraction of sp³-hybridized carbons (Fsp3) is 0.364. The summed E-state index contributed by atoms with van der Waals surface area (Å²) in [6.07, 6.45) is -1.86. The smallest absolute Gasteiger partial charge is 0.338 e. The SMILES string of the molecule is CCC(O)(C(=O)O)C(O)c1c(Cl)cccc1Cl. The summed E-state index contributed by atoms with van der Waals surface area (Å²) in [7, 11) is 0. The number of hydrogen-bond donors (Lipinski definition) is 3. The molecule has 0 spiro atoms. The van der Waals surface area contributed by atoms with Crippen LogP contribution in [-0.2, 0) is 4.79 Å². The van der Waals surface area contributed by atoms with Gasteiger partial charge in [0, 0.05) is 15.6 Å². The van der Waals surface area contributed by atoms with Gasteiger partial charge in [-0.1, -0.05) is 36.2 Å². The Kier molecular flexibility index (Phi) is 4.38. The van der Waals surface area contributed by atoms with Gasteiger partial charge >= 0.3 is 5.97 Å². The minimum absolute atomic E-state index is 0.0163. The molecule has 2 unspecified atom stereocenters. The Morgan fingerprint density at radius 3 is 2.24 bits per heavy atom. The van der Waals surface area contributed by atoms with Crippen LogP contribution in [0.5, 0.6) is 0 Å². The Bertz CT molecular complexity index is 415. The Hall–Kier alpha value is -0.810. The first kappa shape index (κ1) is 14.3. The molecule has 4 nitrogen and oxygen atoms in total. The third-order valence-electron chi connectivity index (χ3n) is 2.63. The first-order valence-corrected chi connectivity index (χ1v) is 5.68. The molecular weight excluding hydrogens is 267 g/mol. The molecule has 0 radical (unpaired) electrons. The number of aliphatic hydroxyl groups is 2. The van der Waals surface area contributed by atoms with Crippen molar-refractivity contribution < 1.29 is 20.1 Å². The number of carboxylic acids is 1. The van der Waals surface area contributed by atoms with Crippen LogP contribution in [0.15, 0.2) is 18.2 Å². The summed E-state index contributed by atoms with van der Waals surface area (Å²) in [6, 6.07) is 4.49. The van der Waals surface area contributed by atoms with Gasteiger partial charge in [-0.2, -0.15) is 0 Å². The maximum Gasteiger partial charge on any atom is 0.338 e. The summed E-state index contributed by atoms with van der Waals surface area (Å²) in [6.45, 7) is 1.45. The molecule has 0 amide bonds. The van der Waals surface area contributed by atoms with E-state index in [0.717, 1.165) is 0 Å². The van der Waals surface area contributed by atoms with E-state index in [1.54, 1.807) is 6.07 Å². The molecule has 3 N–H and O–H groups in total. The van der Waals surface area contributed by atoms with Gasteiger partial charge < -0.3 is 15.3 Å². The second-order valence-electron chi connectivity index (χ2n) is 3.62. The van der Waals surface area contributed by atoms with Gasteiger partial charge in [-0.05, 0) is 18.6 Å². The Morgan fingerprint density at radius 2 is 1.88 bits per heavy atom. The standard InChI is InChI=1S/C11H12Cl2O4/c1-2-11(17,10(15)16)9(14)8-6(12)4-3-5-7(8)13/h3-5,9,14,17H,2H2,1H3,(H,15,16). The van der Waals surface area contributed by atoms with Crippen molar-refractivity contribution in [1.82, 2.24) is 0 Å². The van der Waals surface area contributed by atoms with E-state index < -0.39 is 17.7 Å². The third kappa shape index (κ3) is 2.55. The molecule has 94 valence electrons. The van der Waals surface area contributed by atoms with E-state index in [1.165, 1.54) is 19.1 Å². The molecule has 0 saturated heterocycles. The molecule has 0 aliphatic carbocycles. The second-order valence-corrected chi connectivity index (χ2v) is 4.44. The summed E-state index contributed by atoms with van der Waals surface area (Å²) >= 11 is 11.7. The van der Waals surface area contributed by atoms with Crippen LogP contribution in [0.3, 0.4) is 0 Å². The van der Waals surface area contributed by atoms with Gasteiger partial charge in [0.1, 0.15) is 6.10 Å². The Morgan fingerprint density at radius 1 is 1.41 bits per heavy atom. The number of carboxylic acid groups (broad SMARTS) is 1. The maximum atomic E-state index is 11.0. The first-order chi connectivity index (χ1) is 7.84. The summed E-state index contributed by atoms with van der Waals surface area (Å²) in [4.78, 5) is 11.0. The highest BCUT2D eigenvalue weighted by atomic mass is 35.5. The number of aliphatic hydroxyl groups excluding tert-OH is 1.